The zero-order chi connectivity index (χ0) is 20.5. The van der Waals surface area contributed by atoms with Gasteiger partial charge in [-0.2, -0.15) is 0 Å². The van der Waals surface area contributed by atoms with Gasteiger partial charge < -0.3 is 14.8 Å². The molecule has 7 heteroatoms. The van der Waals surface area contributed by atoms with E-state index in [0.29, 0.717) is 43.0 Å². The van der Waals surface area contributed by atoms with Crippen LogP contribution in [0.25, 0.3) is 10.9 Å². The number of nitrogens with zero attached hydrogens (tertiary/aromatic N) is 2. The average molecular weight is 395 g/mol. The standard InChI is InChI=1S/C22H25N3O4/c1-2-28-12-13-29-15-17-6-5-7-18(14-17)24-21(26)10-11-25-16-23-20-9-4-3-8-19(20)22(25)27/h3-9,14,16H,2,10-13,15H2,1H3,(H,24,26). The first-order valence-corrected chi connectivity index (χ1v) is 9.66. The topological polar surface area (TPSA) is 82.4 Å². The molecule has 2 aromatic carbocycles. The summed E-state index contributed by atoms with van der Waals surface area (Å²) in [5.74, 6) is -0.167. The number of anilines is 1. The second-order valence-corrected chi connectivity index (χ2v) is 6.51. The van der Waals surface area contributed by atoms with Gasteiger partial charge in [-0.15, -0.1) is 0 Å². The van der Waals surface area contributed by atoms with Gasteiger partial charge in [-0.1, -0.05) is 24.3 Å². The van der Waals surface area contributed by atoms with Crippen LogP contribution in [-0.4, -0.2) is 35.3 Å². The van der Waals surface area contributed by atoms with E-state index in [-0.39, 0.29) is 24.4 Å². The van der Waals surface area contributed by atoms with E-state index in [9.17, 15) is 9.59 Å². The summed E-state index contributed by atoms with van der Waals surface area (Å²) in [4.78, 5) is 29.1. The molecule has 0 bridgehead atoms. The summed E-state index contributed by atoms with van der Waals surface area (Å²) < 4.78 is 12.2. The molecule has 0 aliphatic rings. The van der Waals surface area contributed by atoms with Gasteiger partial charge in [-0.25, -0.2) is 4.98 Å². The minimum absolute atomic E-state index is 0.144. The van der Waals surface area contributed by atoms with E-state index in [0.717, 1.165) is 5.56 Å². The molecular formula is C22H25N3O4. The van der Waals surface area contributed by atoms with Crippen molar-refractivity contribution in [3.63, 3.8) is 0 Å². The molecule has 1 heterocycles. The fourth-order valence-electron chi connectivity index (χ4n) is 2.90. The Hall–Kier alpha value is -3.03. The zero-order valence-corrected chi connectivity index (χ0v) is 16.5. The van der Waals surface area contributed by atoms with Crippen LogP contribution in [0.5, 0.6) is 0 Å². The molecule has 0 radical (unpaired) electrons. The molecule has 0 spiro atoms. The van der Waals surface area contributed by atoms with E-state index in [1.807, 2.05) is 37.3 Å². The largest absolute Gasteiger partial charge is 0.379 e. The number of amides is 1. The van der Waals surface area contributed by atoms with Gasteiger partial charge in [0.05, 0.1) is 37.1 Å². The lowest BCUT2D eigenvalue weighted by atomic mass is 10.2. The molecular weight excluding hydrogens is 370 g/mol. The molecule has 3 rings (SSSR count). The van der Waals surface area contributed by atoms with Crippen molar-refractivity contribution in [3.05, 3.63) is 70.8 Å². The molecule has 0 atom stereocenters. The Morgan fingerprint density at radius 2 is 1.93 bits per heavy atom. The van der Waals surface area contributed by atoms with Gasteiger partial charge in [0.25, 0.3) is 5.56 Å². The van der Waals surface area contributed by atoms with Crippen LogP contribution in [0.2, 0.25) is 0 Å². The maximum Gasteiger partial charge on any atom is 0.261 e. The van der Waals surface area contributed by atoms with Crippen molar-refractivity contribution in [1.29, 1.82) is 0 Å². The highest BCUT2D eigenvalue weighted by Crippen LogP contribution is 2.12. The first kappa shape index (κ1) is 20.7. The Labute approximate surface area is 169 Å². The van der Waals surface area contributed by atoms with E-state index >= 15 is 0 Å². The number of nitrogens with one attached hydrogen (secondary N) is 1. The lowest BCUT2D eigenvalue weighted by Gasteiger charge is -2.09. The third-order valence-electron chi connectivity index (χ3n) is 4.37. The molecule has 7 nitrogen and oxygen atoms in total. The fourth-order valence-corrected chi connectivity index (χ4v) is 2.90. The first-order chi connectivity index (χ1) is 14.2. The predicted octanol–water partition coefficient (Wildman–Crippen LogP) is 2.98. The molecule has 0 aliphatic carbocycles. The molecule has 0 saturated heterocycles. The Kier molecular flexibility index (Phi) is 7.49. The summed E-state index contributed by atoms with van der Waals surface area (Å²) in [5, 5.41) is 3.41. The summed E-state index contributed by atoms with van der Waals surface area (Å²) >= 11 is 0. The van der Waals surface area contributed by atoms with E-state index in [1.165, 1.54) is 10.9 Å². The molecule has 0 unspecified atom stereocenters. The van der Waals surface area contributed by atoms with Gasteiger partial charge in [0.1, 0.15) is 0 Å². The van der Waals surface area contributed by atoms with Crippen molar-refractivity contribution in [3.8, 4) is 0 Å². The minimum Gasteiger partial charge on any atom is -0.379 e. The van der Waals surface area contributed by atoms with Crippen LogP contribution in [0.1, 0.15) is 18.9 Å². The van der Waals surface area contributed by atoms with Crippen molar-refractivity contribution in [2.75, 3.05) is 25.1 Å². The molecule has 0 aliphatic heterocycles. The molecule has 0 fully saturated rings. The van der Waals surface area contributed by atoms with Crippen LogP contribution >= 0.6 is 0 Å². The van der Waals surface area contributed by atoms with E-state index in [2.05, 4.69) is 10.3 Å². The lowest BCUT2D eigenvalue weighted by Crippen LogP contribution is -2.23. The zero-order valence-electron chi connectivity index (χ0n) is 16.5. The van der Waals surface area contributed by atoms with Crippen LogP contribution in [0.15, 0.2) is 59.7 Å². The molecule has 29 heavy (non-hydrogen) atoms. The highest BCUT2D eigenvalue weighted by Gasteiger charge is 2.07. The maximum absolute atomic E-state index is 12.5. The molecule has 1 amide bonds. The fraction of sp³-hybridized carbons (Fsp3) is 0.318. The Morgan fingerprint density at radius 1 is 1.10 bits per heavy atom. The number of aryl methyl sites for hydroxylation is 1. The second-order valence-electron chi connectivity index (χ2n) is 6.51. The van der Waals surface area contributed by atoms with Crippen LogP contribution in [0.4, 0.5) is 5.69 Å². The van der Waals surface area contributed by atoms with Crippen molar-refractivity contribution < 1.29 is 14.3 Å². The summed E-state index contributed by atoms with van der Waals surface area (Å²) in [6, 6.07) is 14.7. The number of aromatic nitrogens is 2. The highest BCUT2D eigenvalue weighted by atomic mass is 16.5. The van der Waals surface area contributed by atoms with Crippen molar-refractivity contribution in [2.24, 2.45) is 0 Å². The molecule has 152 valence electrons. The number of fused-ring (bicyclic) bond motifs is 1. The van der Waals surface area contributed by atoms with Gasteiger partial charge in [0.2, 0.25) is 5.91 Å². The average Bonchev–Trinajstić information content (AvgIpc) is 2.74. The molecule has 1 N–H and O–H groups in total. The smallest absolute Gasteiger partial charge is 0.261 e. The third-order valence-corrected chi connectivity index (χ3v) is 4.37. The van der Waals surface area contributed by atoms with Crippen molar-refractivity contribution in [2.45, 2.75) is 26.5 Å². The SMILES string of the molecule is CCOCCOCc1cccc(NC(=O)CCn2cnc3ccccc3c2=O)c1. The van der Waals surface area contributed by atoms with Gasteiger partial charge in [0, 0.05) is 25.3 Å². The number of carbonyl (C=O) groups excluding carboxylic acids is 1. The van der Waals surface area contributed by atoms with Crippen molar-refractivity contribution in [1.82, 2.24) is 9.55 Å². The van der Waals surface area contributed by atoms with Crippen LogP contribution in [-0.2, 0) is 27.4 Å². The van der Waals surface area contributed by atoms with Gasteiger partial charge in [0.15, 0.2) is 0 Å². The van der Waals surface area contributed by atoms with E-state index < -0.39 is 0 Å². The number of hydrogen-bond acceptors (Lipinski definition) is 5. The molecule has 1 aromatic heterocycles. The highest BCUT2D eigenvalue weighted by molar-refractivity contribution is 5.90. The summed E-state index contributed by atoms with van der Waals surface area (Å²) in [6.07, 6.45) is 1.66. The van der Waals surface area contributed by atoms with Crippen LogP contribution in [0, 0.1) is 0 Å². The third kappa shape index (κ3) is 5.97. The van der Waals surface area contributed by atoms with Gasteiger partial charge in [-0.05, 0) is 36.8 Å². The Bertz CT molecular complexity index is 1020. The number of hydrogen-bond donors (Lipinski definition) is 1. The van der Waals surface area contributed by atoms with Crippen molar-refractivity contribution >= 4 is 22.5 Å². The lowest BCUT2D eigenvalue weighted by molar-refractivity contribution is -0.116. The molecule has 3 aromatic rings. The van der Waals surface area contributed by atoms with Gasteiger partial charge in [-0.3, -0.25) is 14.2 Å². The number of carbonyl (C=O) groups is 1. The Morgan fingerprint density at radius 3 is 2.79 bits per heavy atom. The Balaban J connectivity index is 1.53. The first-order valence-electron chi connectivity index (χ1n) is 9.66. The number of benzene rings is 2. The summed E-state index contributed by atoms with van der Waals surface area (Å²) in [7, 11) is 0. The monoisotopic (exact) mass is 395 g/mol. The predicted molar refractivity (Wildman–Crippen MR) is 112 cm³/mol. The quantitative estimate of drug-likeness (QED) is 0.534. The summed E-state index contributed by atoms with van der Waals surface area (Å²) in [6.45, 7) is 4.43. The summed E-state index contributed by atoms with van der Waals surface area (Å²) in [5.41, 5.74) is 2.17. The van der Waals surface area contributed by atoms with Crippen LogP contribution < -0.4 is 10.9 Å². The minimum atomic E-state index is -0.167. The number of rotatable bonds is 10. The number of para-hydroxylation sites is 1. The molecule has 0 saturated carbocycles. The normalized spacial score (nSPS) is 10.9. The second kappa shape index (κ2) is 10.5. The maximum atomic E-state index is 12.5. The van der Waals surface area contributed by atoms with Crippen LogP contribution in [0.3, 0.4) is 0 Å². The number of ether oxygens (including phenoxy) is 2. The van der Waals surface area contributed by atoms with Gasteiger partial charge >= 0.3 is 0 Å². The van der Waals surface area contributed by atoms with E-state index in [4.69, 9.17) is 9.47 Å². The van der Waals surface area contributed by atoms with E-state index in [1.54, 1.807) is 18.2 Å².